The SMILES string of the molecule is Cc1cccc(N2C(=O)[C@@H]3[C@H](C2=O)[C@@H]2C=C[C@@H]3O2)c1C. The third-order valence-corrected chi connectivity index (χ3v) is 4.73. The topological polar surface area (TPSA) is 46.6 Å². The maximum Gasteiger partial charge on any atom is 0.240 e. The summed E-state index contributed by atoms with van der Waals surface area (Å²) in [5, 5.41) is 0. The molecule has 4 heteroatoms. The minimum atomic E-state index is -0.336. The van der Waals surface area contributed by atoms with Crippen molar-refractivity contribution in [3.8, 4) is 0 Å². The molecule has 4 nitrogen and oxygen atoms in total. The van der Waals surface area contributed by atoms with Crippen molar-refractivity contribution in [2.45, 2.75) is 26.1 Å². The van der Waals surface area contributed by atoms with E-state index < -0.39 is 0 Å². The molecule has 1 aromatic rings. The number of anilines is 1. The van der Waals surface area contributed by atoms with Crippen molar-refractivity contribution in [3.05, 3.63) is 41.5 Å². The van der Waals surface area contributed by atoms with Crippen molar-refractivity contribution in [1.82, 2.24) is 0 Å². The third-order valence-electron chi connectivity index (χ3n) is 4.73. The van der Waals surface area contributed by atoms with Crippen LogP contribution in [0.5, 0.6) is 0 Å². The Labute approximate surface area is 117 Å². The Morgan fingerprint density at radius 2 is 1.60 bits per heavy atom. The zero-order valence-electron chi connectivity index (χ0n) is 11.4. The Bertz CT molecular complexity index is 634. The van der Waals surface area contributed by atoms with Gasteiger partial charge in [-0.3, -0.25) is 9.59 Å². The Morgan fingerprint density at radius 1 is 1.00 bits per heavy atom. The Kier molecular flexibility index (Phi) is 2.25. The molecule has 3 heterocycles. The number of carbonyl (C=O) groups excluding carboxylic acids is 2. The van der Waals surface area contributed by atoms with Gasteiger partial charge in [0.15, 0.2) is 0 Å². The van der Waals surface area contributed by atoms with E-state index in [2.05, 4.69) is 0 Å². The summed E-state index contributed by atoms with van der Waals surface area (Å²) in [4.78, 5) is 26.7. The first-order valence-electron chi connectivity index (χ1n) is 6.87. The van der Waals surface area contributed by atoms with Crippen molar-refractivity contribution in [3.63, 3.8) is 0 Å². The molecule has 2 saturated heterocycles. The van der Waals surface area contributed by atoms with Gasteiger partial charge >= 0.3 is 0 Å². The average molecular weight is 269 g/mol. The molecule has 0 N–H and O–H groups in total. The summed E-state index contributed by atoms with van der Waals surface area (Å²) in [5.74, 6) is -0.911. The van der Waals surface area contributed by atoms with E-state index in [4.69, 9.17) is 4.74 Å². The van der Waals surface area contributed by atoms with Crippen LogP contribution in [0.2, 0.25) is 0 Å². The first-order valence-corrected chi connectivity index (χ1v) is 6.87. The molecule has 20 heavy (non-hydrogen) atoms. The van der Waals surface area contributed by atoms with Gasteiger partial charge in [0.2, 0.25) is 11.8 Å². The highest BCUT2D eigenvalue weighted by molar-refractivity contribution is 6.23. The second-order valence-corrected chi connectivity index (χ2v) is 5.73. The molecule has 2 amide bonds. The van der Waals surface area contributed by atoms with E-state index in [-0.39, 0.29) is 35.9 Å². The van der Waals surface area contributed by atoms with Crippen LogP contribution in [0.4, 0.5) is 5.69 Å². The normalized spacial score (nSPS) is 34.2. The predicted octanol–water partition coefficient (Wildman–Crippen LogP) is 1.75. The van der Waals surface area contributed by atoms with Crippen LogP contribution in [-0.4, -0.2) is 24.0 Å². The number of hydrogen-bond donors (Lipinski definition) is 0. The summed E-state index contributed by atoms with van der Waals surface area (Å²) in [6.45, 7) is 3.93. The predicted molar refractivity (Wildman–Crippen MR) is 73.2 cm³/mol. The van der Waals surface area contributed by atoms with E-state index in [9.17, 15) is 9.59 Å². The highest BCUT2D eigenvalue weighted by Crippen LogP contribution is 2.46. The average Bonchev–Trinajstić information content (AvgIpc) is 3.09. The summed E-state index contributed by atoms with van der Waals surface area (Å²) < 4.78 is 5.64. The monoisotopic (exact) mass is 269 g/mol. The van der Waals surface area contributed by atoms with Crippen molar-refractivity contribution in [2.24, 2.45) is 11.8 Å². The van der Waals surface area contributed by atoms with Gasteiger partial charge in [0.05, 0.1) is 29.7 Å². The van der Waals surface area contributed by atoms with E-state index in [1.165, 1.54) is 4.90 Å². The van der Waals surface area contributed by atoms with Gasteiger partial charge in [0.1, 0.15) is 0 Å². The second kappa shape index (κ2) is 3.79. The lowest BCUT2D eigenvalue weighted by Crippen LogP contribution is -2.35. The van der Waals surface area contributed by atoms with Gasteiger partial charge in [-0.15, -0.1) is 0 Å². The number of ether oxygens (including phenoxy) is 1. The van der Waals surface area contributed by atoms with Crippen LogP contribution in [0.15, 0.2) is 30.4 Å². The molecule has 3 aliphatic heterocycles. The molecule has 2 bridgehead atoms. The summed E-state index contributed by atoms with van der Waals surface area (Å²) in [6.07, 6.45) is 3.36. The zero-order valence-corrected chi connectivity index (χ0v) is 11.4. The van der Waals surface area contributed by atoms with Crippen LogP contribution in [0.25, 0.3) is 0 Å². The molecule has 0 aromatic heterocycles. The second-order valence-electron chi connectivity index (χ2n) is 5.73. The summed E-state index contributed by atoms with van der Waals surface area (Å²) in [5.41, 5.74) is 2.78. The van der Waals surface area contributed by atoms with E-state index in [0.717, 1.165) is 11.1 Å². The first kappa shape index (κ1) is 11.9. The molecule has 0 aliphatic carbocycles. The Morgan fingerprint density at radius 3 is 2.20 bits per heavy atom. The molecule has 0 spiro atoms. The Balaban J connectivity index is 1.80. The maximum absolute atomic E-state index is 12.6. The first-order chi connectivity index (χ1) is 9.59. The lowest BCUT2D eigenvalue weighted by molar-refractivity contribution is -0.124. The van der Waals surface area contributed by atoms with Crippen LogP contribution in [0.1, 0.15) is 11.1 Å². The highest BCUT2D eigenvalue weighted by Gasteiger charge is 2.61. The molecule has 0 unspecified atom stereocenters. The quantitative estimate of drug-likeness (QED) is 0.576. The number of amides is 2. The number of imide groups is 1. The number of nitrogens with zero attached hydrogens (tertiary/aromatic N) is 1. The standard InChI is InChI=1S/C16H15NO3/c1-8-4-3-5-10(9(8)2)17-15(18)13-11-6-7-12(20-11)14(13)16(17)19/h3-7,11-14H,1-2H3/t11-,12-,13-,14+/m0/s1. The summed E-state index contributed by atoms with van der Waals surface area (Å²) in [7, 11) is 0. The lowest BCUT2D eigenvalue weighted by Gasteiger charge is -2.20. The van der Waals surface area contributed by atoms with Crippen molar-refractivity contribution >= 4 is 17.5 Å². The van der Waals surface area contributed by atoms with Gasteiger partial charge in [-0.1, -0.05) is 24.3 Å². The molecule has 3 aliphatic rings. The molecular weight excluding hydrogens is 254 g/mol. The van der Waals surface area contributed by atoms with E-state index >= 15 is 0 Å². The molecular formula is C16H15NO3. The number of aryl methyl sites for hydroxylation is 1. The number of carbonyl (C=O) groups is 2. The fraction of sp³-hybridized carbons (Fsp3) is 0.375. The fourth-order valence-corrected chi connectivity index (χ4v) is 3.52. The summed E-state index contributed by atoms with van der Waals surface area (Å²) >= 11 is 0. The van der Waals surface area contributed by atoms with Crippen LogP contribution in [0.3, 0.4) is 0 Å². The van der Waals surface area contributed by atoms with Crippen molar-refractivity contribution in [2.75, 3.05) is 4.90 Å². The van der Waals surface area contributed by atoms with Crippen LogP contribution >= 0.6 is 0 Å². The molecule has 2 fully saturated rings. The number of hydrogen-bond acceptors (Lipinski definition) is 3. The van der Waals surface area contributed by atoms with Gasteiger partial charge in [-0.2, -0.15) is 0 Å². The van der Waals surface area contributed by atoms with Crippen molar-refractivity contribution in [1.29, 1.82) is 0 Å². The molecule has 0 saturated carbocycles. The van der Waals surface area contributed by atoms with Gasteiger partial charge in [-0.25, -0.2) is 4.90 Å². The summed E-state index contributed by atoms with van der Waals surface area (Å²) in [6, 6.07) is 5.71. The fourth-order valence-electron chi connectivity index (χ4n) is 3.52. The molecule has 102 valence electrons. The Hall–Kier alpha value is -1.94. The number of fused-ring (bicyclic) bond motifs is 5. The number of rotatable bonds is 1. The van der Waals surface area contributed by atoms with Gasteiger partial charge < -0.3 is 4.74 Å². The number of benzene rings is 1. The van der Waals surface area contributed by atoms with Gasteiger partial charge in [-0.05, 0) is 31.0 Å². The lowest BCUT2D eigenvalue weighted by atomic mass is 9.85. The highest BCUT2D eigenvalue weighted by atomic mass is 16.5. The van der Waals surface area contributed by atoms with E-state index in [1.54, 1.807) is 0 Å². The van der Waals surface area contributed by atoms with Gasteiger partial charge in [0, 0.05) is 0 Å². The zero-order chi connectivity index (χ0) is 14.0. The van der Waals surface area contributed by atoms with Crippen LogP contribution in [-0.2, 0) is 14.3 Å². The van der Waals surface area contributed by atoms with E-state index in [1.807, 2.05) is 44.2 Å². The van der Waals surface area contributed by atoms with Crippen LogP contribution < -0.4 is 4.90 Å². The smallest absolute Gasteiger partial charge is 0.240 e. The van der Waals surface area contributed by atoms with Gasteiger partial charge in [0.25, 0.3) is 0 Å². The largest absolute Gasteiger partial charge is 0.365 e. The van der Waals surface area contributed by atoms with E-state index in [0.29, 0.717) is 5.69 Å². The van der Waals surface area contributed by atoms with Crippen molar-refractivity contribution < 1.29 is 14.3 Å². The van der Waals surface area contributed by atoms with Crippen LogP contribution in [0, 0.1) is 25.7 Å². The molecule has 4 atom stereocenters. The minimum absolute atomic E-state index is 0.120. The molecule has 4 rings (SSSR count). The third kappa shape index (κ3) is 1.29. The molecule has 0 radical (unpaired) electrons. The minimum Gasteiger partial charge on any atom is -0.365 e. The molecule has 1 aromatic carbocycles. The maximum atomic E-state index is 12.6.